The lowest BCUT2D eigenvalue weighted by molar-refractivity contribution is -0.0298. The van der Waals surface area contributed by atoms with Gasteiger partial charge in [0.25, 0.3) is 5.56 Å². The molecule has 3 aromatic heterocycles. The largest absolute Gasteiger partial charge is 0.378 e. The topological polar surface area (TPSA) is 110 Å². The summed E-state index contributed by atoms with van der Waals surface area (Å²) < 4.78 is 13.6. The zero-order valence-corrected chi connectivity index (χ0v) is 21.9. The van der Waals surface area contributed by atoms with E-state index in [1.165, 1.54) is 0 Å². The minimum Gasteiger partial charge on any atom is -0.378 e. The Morgan fingerprint density at radius 3 is 2.63 bits per heavy atom. The molecule has 2 aliphatic heterocycles. The maximum Gasteiger partial charge on any atom is 0.253 e. The second-order valence-corrected chi connectivity index (χ2v) is 9.98. The Kier molecular flexibility index (Phi) is 6.82. The van der Waals surface area contributed by atoms with E-state index in [1.807, 2.05) is 24.5 Å². The summed E-state index contributed by atoms with van der Waals surface area (Å²) in [5.74, 6) is 1.19. The number of aromatic nitrogens is 5. The quantitative estimate of drug-likeness (QED) is 0.397. The number of hydrogen-bond donors (Lipinski definition) is 2. The van der Waals surface area contributed by atoms with Crippen molar-refractivity contribution in [3.8, 4) is 11.4 Å². The molecule has 198 valence electrons. The number of aromatic amines is 1. The Morgan fingerprint density at radius 2 is 1.89 bits per heavy atom. The Bertz CT molecular complexity index is 1480. The van der Waals surface area contributed by atoms with Crippen molar-refractivity contribution in [1.29, 1.82) is 0 Å². The molecule has 2 N–H and O–H groups in total. The summed E-state index contributed by atoms with van der Waals surface area (Å²) >= 11 is 0. The van der Waals surface area contributed by atoms with E-state index in [-0.39, 0.29) is 11.8 Å². The molecule has 2 saturated heterocycles. The van der Waals surface area contributed by atoms with Crippen LogP contribution in [0.5, 0.6) is 0 Å². The molecule has 10 heteroatoms. The fraction of sp³-hybridized carbons (Fsp3) is 0.429. The molecule has 5 heterocycles. The fourth-order valence-electron chi connectivity index (χ4n) is 5.24. The van der Waals surface area contributed by atoms with Gasteiger partial charge in [0.2, 0.25) is 0 Å². The summed E-state index contributed by atoms with van der Waals surface area (Å²) in [6.07, 6.45) is 4.77. The van der Waals surface area contributed by atoms with Gasteiger partial charge in [-0.3, -0.25) is 9.36 Å². The van der Waals surface area contributed by atoms with Crippen LogP contribution in [0.4, 0.5) is 11.5 Å². The number of nitrogens with one attached hydrogen (secondary N) is 2. The summed E-state index contributed by atoms with van der Waals surface area (Å²) in [5.41, 5.74) is 5.80. The van der Waals surface area contributed by atoms with E-state index >= 15 is 0 Å². The number of benzene rings is 1. The normalized spacial score (nSPS) is 18.2. The highest BCUT2D eigenvalue weighted by Gasteiger charge is 2.22. The Morgan fingerprint density at radius 1 is 1.08 bits per heavy atom. The van der Waals surface area contributed by atoms with Gasteiger partial charge in [-0.25, -0.2) is 15.0 Å². The molecule has 0 radical (unpaired) electrons. The average molecular weight is 516 g/mol. The first-order chi connectivity index (χ1) is 18.6. The fourth-order valence-corrected chi connectivity index (χ4v) is 5.24. The molecule has 1 aromatic carbocycles. The zero-order valence-electron chi connectivity index (χ0n) is 21.9. The predicted octanol–water partition coefficient (Wildman–Crippen LogP) is 3.95. The number of rotatable bonds is 6. The number of imidazole rings is 1. The van der Waals surface area contributed by atoms with Gasteiger partial charge in [-0.05, 0) is 69.0 Å². The molecule has 2 fully saturated rings. The zero-order chi connectivity index (χ0) is 26.1. The van der Waals surface area contributed by atoms with Crippen LogP contribution in [0.1, 0.15) is 42.3 Å². The van der Waals surface area contributed by atoms with E-state index < -0.39 is 0 Å². The maximum atomic E-state index is 12.6. The van der Waals surface area contributed by atoms with Crippen LogP contribution in [-0.2, 0) is 16.0 Å². The van der Waals surface area contributed by atoms with Gasteiger partial charge in [-0.2, -0.15) is 0 Å². The van der Waals surface area contributed by atoms with Gasteiger partial charge in [0.05, 0.1) is 19.5 Å². The lowest BCUT2D eigenvalue weighted by atomic mass is 10.1. The number of ether oxygens (including phenoxy) is 2. The van der Waals surface area contributed by atoms with Crippen LogP contribution < -0.4 is 15.8 Å². The van der Waals surface area contributed by atoms with Crippen molar-refractivity contribution in [2.24, 2.45) is 0 Å². The predicted molar refractivity (Wildman–Crippen MR) is 146 cm³/mol. The summed E-state index contributed by atoms with van der Waals surface area (Å²) in [6, 6.07) is 10.3. The second kappa shape index (κ2) is 10.5. The van der Waals surface area contributed by atoms with Crippen molar-refractivity contribution >= 4 is 22.7 Å². The Hall–Kier alpha value is -3.76. The van der Waals surface area contributed by atoms with Gasteiger partial charge >= 0.3 is 0 Å². The smallest absolute Gasteiger partial charge is 0.253 e. The minimum absolute atomic E-state index is 0.0969. The molecule has 10 nitrogen and oxygen atoms in total. The molecule has 0 amide bonds. The molecule has 1 atom stereocenters. The summed E-state index contributed by atoms with van der Waals surface area (Å²) in [7, 11) is 0. The number of nitrogens with zero attached hydrogens (tertiary/aromatic N) is 5. The van der Waals surface area contributed by atoms with Crippen molar-refractivity contribution in [2.45, 2.75) is 45.9 Å². The molecule has 6 rings (SSSR count). The third kappa shape index (κ3) is 4.89. The van der Waals surface area contributed by atoms with Gasteiger partial charge < -0.3 is 24.7 Å². The van der Waals surface area contributed by atoms with Crippen LogP contribution in [0, 0.1) is 13.8 Å². The molecular weight excluding hydrogens is 482 g/mol. The van der Waals surface area contributed by atoms with Crippen molar-refractivity contribution in [2.75, 3.05) is 43.1 Å². The van der Waals surface area contributed by atoms with Crippen molar-refractivity contribution in [1.82, 2.24) is 24.5 Å². The lowest BCUT2D eigenvalue weighted by Gasteiger charge is -2.28. The lowest BCUT2D eigenvalue weighted by Crippen LogP contribution is -2.36. The van der Waals surface area contributed by atoms with E-state index in [9.17, 15) is 4.79 Å². The van der Waals surface area contributed by atoms with Crippen molar-refractivity contribution < 1.29 is 9.47 Å². The van der Waals surface area contributed by atoms with Crippen LogP contribution in [0.25, 0.3) is 22.6 Å². The van der Waals surface area contributed by atoms with Crippen LogP contribution in [-0.4, -0.2) is 57.4 Å². The van der Waals surface area contributed by atoms with E-state index in [4.69, 9.17) is 19.4 Å². The number of aryl methyl sites for hydroxylation is 2. The summed E-state index contributed by atoms with van der Waals surface area (Å²) in [5, 5.41) is 3.38. The highest BCUT2D eigenvalue weighted by atomic mass is 16.5. The van der Waals surface area contributed by atoms with Crippen LogP contribution in [0.15, 0.2) is 41.5 Å². The first kappa shape index (κ1) is 24.6. The Labute approximate surface area is 221 Å². The van der Waals surface area contributed by atoms with Gasteiger partial charge in [0, 0.05) is 48.7 Å². The monoisotopic (exact) mass is 515 g/mol. The third-order valence-electron chi connectivity index (χ3n) is 7.32. The van der Waals surface area contributed by atoms with E-state index in [0.717, 1.165) is 80.3 Å². The first-order valence-electron chi connectivity index (χ1n) is 13.3. The number of fused-ring (bicyclic) bond motifs is 1. The molecule has 1 unspecified atom stereocenters. The maximum absolute atomic E-state index is 12.6. The standard InChI is InChI=1S/C28H33N7O3/c1-18-15-19(2)31-28(36)22(18)16-29-26-24-27(35(17-30-24)23-5-3-4-12-38-23)33-25(32-26)20-6-8-21(9-7-20)34-10-13-37-14-11-34/h6-9,15,17,23H,3-5,10-14,16H2,1-2H3,(H,31,36)(H,29,32,33). The van der Waals surface area contributed by atoms with Crippen molar-refractivity contribution in [3.63, 3.8) is 0 Å². The number of hydrogen-bond acceptors (Lipinski definition) is 8. The highest BCUT2D eigenvalue weighted by Crippen LogP contribution is 2.30. The number of anilines is 2. The number of pyridine rings is 1. The molecule has 0 aliphatic carbocycles. The SMILES string of the molecule is Cc1cc(C)c(CNc2nc(-c3ccc(N4CCOCC4)cc3)nc3c2ncn3C2CCCCO2)c(=O)[nH]1. The minimum atomic E-state index is -0.102. The molecule has 38 heavy (non-hydrogen) atoms. The highest BCUT2D eigenvalue weighted by molar-refractivity contribution is 5.85. The van der Waals surface area contributed by atoms with Gasteiger partial charge in [0.15, 0.2) is 22.8 Å². The van der Waals surface area contributed by atoms with Gasteiger partial charge in [0.1, 0.15) is 6.23 Å². The van der Waals surface area contributed by atoms with E-state index in [1.54, 1.807) is 6.33 Å². The molecular formula is C28H33N7O3. The third-order valence-corrected chi connectivity index (χ3v) is 7.32. The summed E-state index contributed by atoms with van der Waals surface area (Å²) in [4.78, 5) is 32.3. The summed E-state index contributed by atoms with van der Waals surface area (Å²) in [6.45, 7) is 8.14. The molecule has 0 saturated carbocycles. The van der Waals surface area contributed by atoms with Crippen molar-refractivity contribution in [3.05, 3.63) is 63.8 Å². The number of H-pyrrole nitrogens is 1. The Balaban J connectivity index is 1.37. The van der Waals surface area contributed by atoms with Gasteiger partial charge in [-0.1, -0.05) is 0 Å². The molecule has 2 aliphatic rings. The van der Waals surface area contributed by atoms with E-state index in [0.29, 0.717) is 29.3 Å². The van der Waals surface area contributed by atoms with Crippen LogP contribution in [0.2, 0.25) is 0 Å². The van der Waals surface area contributed by atoms with Gasteiger partial charge in [-0.15, -0.1) is 0 Å². The second-order valence-electron chi connectivity index (χ2n) is 9.98. The van der Waals surface area contributed by atoms with E-state index in [2.05, 4.69) is 44.5 Å². The molecule has 0 spiro atoms. The average Bonchev–Trinajstić information content (AvgIpc) is 3.38. The number of morpholine rings is 1. The van der Waals surface area contributed by atoms with Crippen LogP contribution in [0.3, 0.4) is 0 Å². The molecule has 0 bridgehead atoms. The first-order valence-corrected chi connectivity index (χ1v) is 13.3. The van der Waals surface area contributed by atoms with Crippen LogP contribution >= 0.6 is 0 Å². The molecule has 4 aromatic rings.